The Morgan fingerprint density at radius 2 is 0.977 bits per heavy atom. The van der Waals surface area contributed by atoms with Crippen molar-refractivity contribution in [3.8, 4) is 22.3 Å². The largest absolute Gasteiger partial charge is 0.355 e. The van der Waals surface area contributed by atoms with Gasteiger partial charge in [0.15, 0.2) is 0 Å². The van der Waals surface area contributed by atoms with Crippen molar-refractivity contribution in [2.24, 2.45) is 0 Å². The fourth-order valence-electron chi connectivity index (χ4n) is 6.58. The van der Waals surface area contributed by atoms with Crippen molar-refractivity contribution in [3.63, 3.8) is 0 Å². The minimum absolute atomic E-state index is 1.09. The molecule has 0 radical (unpaired) electrons. The summed E-state index contributed by atoms with van der Waals surface area (Å²) in [7, 11) is 0. The maximum atomic E-state index is 3.64. The number of nitrogens with one attached hydrogen (secondary N) is 1. The summed E-state index contributed by atoms with van der Waals surface area (Å²) >= 11 is 1.90. The Morgan fingerprint density at radius 1 is 0.386 bits per heavy atom. The third-order valence-electron chi connectivity index (χ3n) is 8.76. The van der Waals surface area contributed by atoms with Crippen molar-refractivity contribution in [1.82, 2.24) is 0 Å². The molecule has 0 amide bonds. The molecule has 0 atom stereocenters. The predicted octanol–water partition coefficient (Wildman–Crippen LogP) is 12.6. The van der Waals surface area contributed by atoms with Gasteiger partial charge in [0.05, 0.1) is 0 Å². The zero-order valence-corrected chi connectivity index (χ0v) is 24.7. The summed E-state index contributed by atoms with van der Waals surface area (Å²) in [6, 6.07) is 57.3. The molecule has 1 aromatic heterocycles. The molecule has 0 aliphatic rings. The van der Waals surface area contributed by atoms with Gasteiger partial charge in [-0.1, -0.05) is 109 Å². The molecule has 0 aliphatic carbocycles. The van der Waals surface area contributed by atoms with E-state index in [0.29, 0.717) is 0 Å². The normalized spacial score (nSPS) is 11.6. The van der Waals surface area contributed by atoms with Gasteiger partial charge in [0, 0.05) is 37.1 Å². The minimum Gasteiger partial charge on any atom is -0.355 e. The van der Waals surface area contributed by atoms with Crippen molar-refractivity contribution in [1.29, 1.82) is 0 Å². The summed E-state index contributed by atoms with van der Waals surface area (Å²) in [5.74, 6) is 0. The number of anilines is 2. The van der Waals surface area contributed by atoms with Crippen LogP contribution in [0.4, 0.5) is 11.4 Å². The van der Waals surface area contributed by atoms with Crippen molar-refractivity contribution >= 4 is 75.2 Å². The molecule has 0 saturated heterocycles. The lowest BCUT2D eigenvalue weighted by Crippen LogP contribution is -1.91. The SMILES string of the molecule is c1ccc(-c2ccc3cc(Nc4ccc5cc(-c6cc7ccccc7c7c6sc6ccccc67)ccc5c4)ccc3c2)cc1. The Labute approximate surface area is 259 Å². The van der Waals surface area contributed by atoms with E-state index in [2.05, 4.69) is 163 Å². The monoisotopic (exact) mass is 577 g/mol. The first-order valence-electron chi connectivity index (χ1n) is 15.0. The van der Waals surface area contributed by atoms with Crippen molar-refractivity contribution in [2.45, 2.75) is 0 Å². The standard InChI is InChI=1S/C42H27NS/c1-2-8-27(9-3-1)28-14-15-31-24-35(20-18-29(31)22-28)43-36-21-19-30-23-34(17-16-32(30)25-36)39-26-33-10-4-5-11-37(33)41-38-12-6-7-13-40(38)44-42(39)41/h1-26,43H. The van der Waals surface area contributed by atoms with Gasteiger partial charge >= 0.3 is 0 Å². The summed E-state index contributed by atoms with van der Waals surface area (Å²) in [6.07, 6.45) is 0. The number of hydrogen-bond donors (Lipinski definition) is 1. The highest BCUT2D eigenvalue weighted by Crippen LogP contribution is 2.44. The van der Waals surface area contributed by atoms with Crippen LogP contribution in [0.3, 0.4) is 0 Å². The lowest BCUT2D eigenvalue weighted by atomic mass is 9.95. The van der Waals surface area contributed by atoms with E-state index in [-0.39, 0.29) is 0 Å². The van der Waals surface area contributed by atoms with Crippen LogP contribution in [0.2, 0.25) is 0 Å². The molecular weight excluding hydrogens is 551 g/mol. The second-order valence-electron chi connectivity index (χ2n) is 11.5. The Bertz CT molecular complexity index is 2520. The molecule has 8 aromatic carbocycles. The second-order valence-corrected chi connectivity index (χ2v) is 12.5. The highest BCUT2D eigenvalue weighted by Gasteiger charge is 2.14. The molecular formula is C42H27NS. The van der Waals surface area contributed by atoms with Gasteiger partial charge in [0.2, 0.25) is 0 Å². The maximum absolute atomic E-state index is 3.64. The highest BCUT2D eigenvalue weighted by molar-refractivity contribution is 7.26. The third kappa shape index (κ3) is 4.23. The molecule has 1 nitrogen and oxygen atoms in total. The number of rotatable bonds is 4. The van der Waals surface area contributed by atoms with Gasteiger partial charge in [0.1, 0.15) is 0 Å². The van der Waals surface area contributed by atoms with Crippen LogP contribution in [-0.4, -0.2) is 0 Å². The van der Waals surface area contributed by atoms with Crippen LogP contribution in [0.25, 0.3) is 74.7 Å². The summed E-state index contributed by atoms with van der Waals surface area (Å²) < 4.78 is 2.69. The van der Waals surface area contributed by atoms with Crippen LogP contribution >= 0.6 is 11.3 Å². The van der Waals surface area contributed by atoms with Crippen molar-refractivity contribution in [2.75, 3.05) is 5.32 Å². The van der Waals surface area contributed by atoms with Crippen LogP contribution < -0.4 is 5.32 Å². The van der Waals surface area contributed by atoms with Crippen LogP contribution in [0, 0.1) is 0 Å². The summed E-state index contributed by atoms with van der Waals surface area (Å²) in [6.45, 7) is 0. The molecule has 9 rings (SSSR count). The lowest BCUT2D eigenvalue weighted by Gasteiger charge is -2.12. The van der Waals surface area contributed by atoms with E-state index in [9.17, 15) is 0 Å². The Hall–Kier alpha value is -5.44. The smallest absolute Gasteiger partial charge is 0.0440 e. The Kier molecular flexibility index (Phi) is 5.75. The molecule has 0 unspecified atom stereocenters. The second kappa shape index (κ2) is 10.1. The van der Waals surface area contributed by atoms with Crippen LogP contribution in [0.1, 0.15) is 0 Å². The van der Waals surface area contributed by atoms with E-state index < -0.39 is 0 Å². The molecule has 2 heteroatoms. The van der Waals surface area contributed by atoms with E-state index in [1.165, 1.54) is 74.7 Å². The van der Waals surface area contributed by atoms with Crippen LogP contribution in [0.5, 0.6) is 0 Å². The van der Waals surface area contributed by atoms with Crippen molar-refractivity contribution in [3.05, 3.63) is 158 Å². The maximum Gasteiger partial charge on any atom is 0.0440 e. The first-order valence-corrected chi connectivity index (χ1v) is 15.8. The average molecular weight is 578 g/mol. The lowest BCUT2D eigenvalue weighted by molar-refractivity contribution is 1.58. The van der Waals surface area contributed by atoms with E-state index in [4.69, 9.17) is 0 Å². The molecule has 0 fully saturated rings. The van der Waals surface area contributed by atoms with Gasteiger partial charge in [0.25, 0.3) is 0 Å². The van der Waals surface area contributed by atoms with E-state index in [1.54, 1.807) is 0 Å². The molecule has 0 spiro atoms. The third-order valence-corrected chi connectivity index (χ3v) is 9.96. The molecule has 206 valence electrons. The van der Waals surface area contributed by atoms with Gasteiger partial charge in [-0.2, -0.15) is 0 Å². The molecule has 0 aliphatic heterocycles. The first-order chi connectivity index (χ1) is 21.8. The first kappa shape index (κ1) is 25.1. The van der Waals surface area contributed by atoms with Gasteiger partial charge in [-0.15, -0.1) is 11.3 Å². The summed E-state index contributed by atoms with van der Waals surface area (Å²) in [5.41, 5.74) is 7.21. The molecule has 44 heavy (non-hydrogen) atoms. The quantitative estimate of drug-likeness (QED) is 0.219. The predicted molar refractivity (Wildman–Crippen MR) is 192 cm³/mol. The highest BCUT2D eigenvalue weighted by atomic mass is 32.1. The number of thiophene rings is 1. The summed E-state index contributed by atoms with van der Waals surface area (Å²) in [5, 5.41) is 13.9. The van der Waals surface area contributed by atoms with E-state index >= 15 is 0 Å². The molecule has 1 heterocycles. The minimum atomic E-state index is 1.09. The Morgan fingerprint density at radius 3 is 1.75 bits per heavy atom. The molecule has 0 bridgehead atoms. The van der Waals surface area contributed by atoms with Gasteiger partial charge in [-0.3, -0.25) is 0 Å². The van der Waals surface area contributed by atoms with Gasteiger partial charge < -0.3 is 5.32 Å². The number of hydrogen-bond acceptors (Lipinski definition) is 2. The van der Waals surface area contributed by atoms with E-state index in [1.807, 2.05) is 11.3 Å². The molecule has 9 aromatic rings. The molecule has 0 saturated carbocycles. The average Bonchev–Trinajstić information content (AvgIpc) is 3.48. The Balaban J connectivity index is 1.07. The van der Waals surface area contributed by atoms with Crippen molar-refractivity contribution < 1.29 is 0 Å². The van der Waals surface area contributed by atoms with E-state index in [0.717, 1.165) is 11.4 Å². The number of benzene rings is 8. The topological polar surface area (TPSA) is 12.0 Å². The zero-order valence-electron chi connectivity index (χ0n) is 23.9. The zero-order chi connectivity index (χ0) is 29.0. The molecule has 1 N–H and O–H groups in total. The van der Waals surface area contributed by atoms with Crippen LogP contribution in [-0.2, 0) is 0 Å². The van der Waals surface area contributed by atoms with Gasteiger partial charge in [-0.05, 0) is 97.5 Å². The fraction of sp³-hybridized carbons (Fsp3) is 0. The summed E-state index contributed by atoms with van der Waals surface area (Å²) in [4.78, 5) is 0. The van der Waals surface area contributed by atoms with Crippen LogP contribution in [0.15, 0.2) is 158 Å². The van der Waals surface area contributed by atoms with Gasteiger partial charge in [-0.25, -0.2) is 0 Å². The number of fused-ring (bicyclic) bond motifs is 7. The fourth-order valence-corrected chi connectivity index (χ4v) is 7.84.